The molecular weight excluding hydrogens is 300 g/mol. The maximum Gasteiger partial charge on any atom is 0.336 e. The van der Waals surface area contributed by atoms with Gasteiger partial charge < -0.3 is 14.9 Å². The number of ether oxygens (including phenoxy) is 1. The molecule has 0 radical (unpaired) electrons. The Morgan fingerprint density at radius 2 is 2.00 bits per heavy atom. The highest BCUT2D eigenvalue weighted by molar-refractivity contribution is 9.10. The van der Waals surface area contributed by atoms with Gasteiger partial charge in [-0.15, -0.1) is 0 Å². The SMILES string of the molecule is CCC(O)(CC)COc1ccc(Br)c(C(=O)O)c1. The van der Waals surface area contributed by atoms with Gasteiger partial charge in [-0.05, 0) is 47.0 Å². The molecule has 5 heteroatoms. The Morgan fingerprint density at radius 3 is 2.50 bits per heavy atom. The van der Waals surface area contributed by atoms with Crippen LogP contribution in [0, 0.1) is 0 Å². The maximum absolute atomic E-state index is 11.0. The van der Waals surface area contributed by atoms with Crippen LogP contribution in [0.15, 0.2) is 22.7 Å². The van der Waals surface area contributed by atoms with Crippen LogP contribution >= 0.6 is 15.9 Å². The molecule has 1 rings (SSSR count). The van der Waals surface area contributed by atoms with E-state index in [2.05, 4.69) is 15.9 Å². The van der Waals surface area contributed by atoms with Crippen LogP contribution in [-0.2, 0) is 0 Å². The predicted molar refractivity (Wildman–Crippen MR) is 72.1 cm³/mol. The third-order valence-corrected chi connectivity index (χ3v) is 3.68. The first kappa shape index (κ1) is 15.0. The molecule has 100 valence electrons. The van der Waals surface area contributed by atoms with Gasteiger partial charge in [0, 0.05) is 4.47 Å². The van der Waals surface area contributed by atoms with Gasteiger partial charge in [-0.3, -0.25) is 0 Å². The lowest BCUT2D eigenvalue weighted by Gasteiger charge is -2.25. The molecule has 0 saturated heterocycles. The average Bonchev–Trinajstić information content (AvgIpc) is 2.37. The van der Waals surface area contributed by atoms with Crippen molar-refractivity contribution in [3.63, 3.8) is 0 Å². The molecule has 0 amide bonds. The Morgan fingerprint density at radius 1 is 1.39 bits per heavy atom. The predicted octanol–water partition coefficient (Wildman–Crippen LogP) is 3.08. The van der Waals surface area contributed by atoms with E-state index < -0.39 is 11.6 Å². The molecule has 0 unspecified atom stereocenters. The molecular formula is C13H17BrO4. The summed E-state index contributed by atoms with van der Waals surface area (Å²) in [4.78, 5) is 11.0. The van der Waals surface area contributed by atoms with Crippen LogP contribution < -0.4 is 4.74 Å². The van der Waals surface area contributed by atoms with Gasteiger partial charge in [0.05, 0.1) is 11.2 Å². The van der Waals surface area contributed by atoms with E-state index in [1.165, 1.54) is 6.07 Å². The second-order valence-electron chi connectivity index (χ2n) is 4.17. The molecule has 1 aromatic rings. The van der Waals surface area contributed by atoms with Crippen LogP contribution in [0.1, 0.15) is 37.0 Å². The van der Waals surface area contributed by atoms with Gasteiger partial charge in [0.2, 0.25) is 0 Å². The van der Waals surface area contributed by atoms with Crippen LogP contribution in [0.2, 0.25) is 0 Å². The molecule has 0 spiro atoms. The number of carbonyl (C=O) groups is 1. The smallest absolute Gasteiger partial charge is 0.336 e. The summed E-state index contributed by atoms with van der Waals surface area (Å²) in [5, 5.41) is 19.0. The fraction of sp³-hybridized carbons (Fsp3) is 0.462. The molecule has 0 aliphatic heterocycles. The second-order valence-corrected chi connectivity index (χ2v) is 5.02. The first-order valence-electron chi connectivity index (χ1n) is 5.80. The van der Waals surface area contributed by atoms with Crippen LogP contribution in [-0.4, -0.2) is 28.4 Å². The molecule has 0 atom stereocenters. The van der Waals surface area contributed by atoms with Crippen molar-refractivity contribution in [2.75, 3.05) is 6.61 Å². The molecule has 0 saturated carbocycles. The van der Waals surface area contributed by atoms with Crippen LogP contribution in [0.4, 0.5) is 0 Å². The summed E-state index contributed by atoms with van der Waals surface area (Å²) in [6.45, 7) is 3.93. The van der Waals surface area contributed by atoms with E-state index in [4.69, 9.17) is 9.84 Å². The summed E-state index contributed by atoms with van der Waals surface area (Å²) in [6, 6.07) is 4.73. The minimum absolute atomic E-state index is 0.143. The molecule has 0 aliphatic rings. The number of rotatable bonds is 6. The van der Waals surface area contributed by atoms with E-state index in [0.717, 1.165) is 0 Å². The third kappa shape index (κ3) is 3.71. The summed E-state index contributed by atoms with van der Waals surface area (Å²) in [5.41, 5.74) is -0.722. The number of aromatic carboxylic acids is 1. The number of hydrogen-bond acceptors (Lipinski definition) is 3. The standard InChI is InChI=1S/C13H17BrO4/c1-3-13(17,4-2)8-18-9-5-6-11(14)10(7-9)12(15)16/h5-7,17H,3-4,8H2,1-2H3,(H,15,16). The monoisotopic (exact) mass is 316 g/mol. The zero-order chi connectivity index (χ0) is 13.8. The number of carboxylic acid groups (broad SMARTS) is 1. The van der Waals surface area contributed by atoms with E-state index in [1.54, 1.807) is 12.1 Å². The van der Waals surface area contributed by atoms with E-state index in [-0.39, 0.29) is 12.2 Å². The Balaban J connectivity index is 2.80. The molecule has 0 bridgehead atoms. The van der Waals surface area contributed by atoms with E-state index in [0.29, 0.717) is 23.1 Å². The molecule has 0 aromatic heterocycles. The van der Waals surface area contributed by atoms with Crippen LogP contribution in [0.5, 0.6) is 5.75 Å². The molecule has 1 aromatic carbocycles. The van der Waals surface area contributed by atoms with E-state index >= 15 is 0 Å². The minimum Gasteiger partial charge on any atom is -0.491 e. The number of halogens is 1. The third-order valence-electron chi connectivity index (χ3n) is 2.99. The first-order chi connectivity index (χ1) is 8.41. The van der Waals surface area contributed by atoms with Gasteiger partial charge in [-0.25, -0.2) is 4.79 Å². The minimum atomic E-state index is -1.02. The Kier molecular flexibility index (Phi) is 5.16. The van der Waals surface area contributed by atoms with Crippen LogP contribution in [0.3, 0.4) is 0 Å². The Bertz CT molecular complexity index is 427. The van der Waals surface area contributed by atoms with Gasteiger partial charge in [-0.1, -0.05) is 13.8 Å². The van der Waals surface area contributed by atoms with Gasteiger partial charge in [-0.2, -0.15) is 0 Å². The summed E-state index contributed by atoms with van der Waals surface area (Å²) < 4.78 is 5.97. The fourth-order valence-electron chi connectivity index (χ4n) is 1.43. The van der Waals surface area contributed by atoms with Gasteiger partial charge in [0.15, 0.2) is 0 Å². The molecule has 0 heterocycles. The van der Waals surface area contributed by atoms with Crippen molar-refractivity contribution >= 4 is 21.9 Å². The maximum atomic E-state index is 11.0. The fourth-order valence-corrected chi connectivity index (χ4v) is 1.85. The zero-order valence-electron chi connectivity index (χ0n) is 10.4. The highest BCUT2D eigenvalue weighted by atomic mass is 79.9. The largest absolute Gasteiger partial charge is 0.491 e. The second kappa shape index (κ2) is 6.20. The number of carboxylic acids is 1. The van der Waals surface area contributed by atoms with Gasteiger partial charge in [0.25, 0.3) is 0 Å². The number of benzene rings is 1. The lowest BCUT2D eigenvalue weighted by Crippen LogP contribution is -2.34. The summed E-state index contributed by atoms with van der Waals surface area (Å²) in [6.07, 6.45) is 1.18. The van der Waals surface area contributed by atoms with Crippen molar-refractivity contribution in [3.05, 3.63) is 28.2 Å². The normalized spacial score (nSPS) is 11.3. The quantitative estimate of drug-likeness (QED) is 0.846. The first-order valence-corrected chi connectivity index (χ1v) is 6.59. The summed E-state index contributed by atoms with van der Waals surface area (Å²) in [7, 11) is 0. The van der Waals surface area contributed by atoms with Crippen molar-refractivity contribution in [1.82, 2.24) is 0 Å². The molecule has 2 N–H and O–H groups in total. The molecule has 18 heavy (non-hydrogen) atoms. The van der Waals surface area contributed by atoms with E-state index in [9.17, 15) is 9.90 Å². The highest BCUT2D eigenvalue weighted by Gasteiger charge is 2.23. The van der Waals surface area contributed by atoms with Crippen LogP contribution in [0.25, 0.3) is 0 Å². The van der Waals surface area contributed by atoms with Gasteiger partial charge >= 0.3 is 5.97 Å². The van der Waals surface area contributed by atoms with E-state index in [1.807, 2.05) is 13.8 Å². The Hall–Kier alpha value is -1.07. The topological polar surface area (TPSA) is 66.8 Å². The van der Waals surface area contributed by atoms with Crippen molar-refractivity contribution in [2.45, 2.75) is 32.3 Å². The van der Waals surface area contributed by atoms with Crippen molar-refractivity contribution in [3.8, 4) is 5.75 Å². The lowest BCUT2D eigenvalue weighted by molar-refractivity contribution is -0.0113. The Labute approximate surface area is 115 Å². The number of hydrogen-bond donors (Lipinski definition) is 2. The van der Waals surface area contributed by atoms with Crippen molar-refractivity contribution in [2.24, 2.45) is 0 Å². The molecule has 0 fully saturated rings. The lowest BCUT2D eigenvalue weighted by atomic mass is 9.99. The average molecular weight is 317 g/mol. The summed E-state index contributed by atoms with van der Waals surface area (Å²) in [5.74, 6) is -0.579. The zero-order valence-corrected chi connectivity index (χ0v) is 12.0. The molecule has 0 aliphatic carbocycles. The number of aliphatic hydroxyl groups is 1. The highest BCUT2D eigenvalue weighted by Crippen LogP contribution is 2.24. The summed E-state index contributed by atoms with van der Waals surface area (Å²) >= 11 is 3.16. The van der Waals surface area contributed by atoms with Crippen molar-refractivity contribution < 1.29 is 19.7 Å². The van der Waals surface area contributed by atoms with Crippen molar-refractivity contribution in [1.29, 1.82) is 0 Å². The molecule has 4 nitrogen and oxygen atoms in total. The van der Waals surface area contributed by atoms with Gasteiger partial charge in [0.1, 0.15) is 12.4 Å².